The minimum atomic E-state index is 0.293. The third-order valence-electron chi connectivity index (χ3n) is 2.88. The second-order valence-electron chi connectivity index (χ2n) is 4.06. The summed E-state index contributed by atoms with van der Waals surface area (Å²) in [7, 11) is 1.68. The van der Waals surface area contributed by atoms with E-state index in [2.05, 4.69) is 12.1 Å². The summed E-state index contributed by atoms with van der Waals surface area (Å²) < 4.78 is 6.43. The number of benzene rings is 2. The zero-order valence-corrected chi connectivity index (χ0v) is 12.7. The second kappa shape index (κ2) is 6.44. The first kappa shape index (κ1) is 14.4. The first-order chi connectivity index (χ1) is 9.76. The van der Waals surface area contributed by atoms with E-state index in [-0.39, 0.29) is 0 Å². The normalized spacial score (nSPS) is 9.95. The first-order valence-electron chi connectivity index (χ1n) is 6.63. The Balaban J connectivity index is 0.000000704. The molecule has 1 N–H and O–H groups in total. The predicted octanol–water partition coefficient (Wildman–Crippen LogP) is 5.31. The molecule has 0 spiro atoms. The molecule has 0 saturated heterocycles. The van der Waals surface area contributed by atoms with E-state index < -0.39 is 0 Å². The van der Waals surface area contributed by atoms with E-state index in [1.807, 2.05) is 38.1 Å². The maximum absolute atomic E-state index is 9.30. The lowest BCUT2D eigenvalue weighted by molar-refractivity contribution is 0.415. The van der Waals surface area contributed by atoms with Crippen molar-refractivity contribution in [1.29, 1.82) is 0 Å². The highest BCUT2D eigenvalue weighted by molar-refractivity contribution is 7.22. The summed E-state index contributed by atoms with van der Waals surface area (Å²) in [5, 5.41) is 10.5. The number of hydrogen-bond acceptors (Lipinski definition) is 3. The molecule has 2 aromatic carbocycles. The fraction of sp³-hybridized carbons (Fsp3) is 0.176. The zero-order chi connectivity index (χ0) is 14.5. The Bertz CT molecular complexity index is 684. The summed E-state index contributed by atoms with van der Waals surface area (Å²) in [6.07, 6.45) is 0. The Morgan fingerprint density at radius 3 is 2.30 bits per heavy atom. The molecule has 0 aliphatic heterocycles. The van der Waals surface area contributed by atoms with E-state index in [1.54, 1.807) is 30.6 Å². The van der Waals surface area contributed by atoms with Gasteiger partial charge in [-0.05, 0) is 59.5 Å². The molecule has 0 bridgehead atoms. The van der Waals surface area contributed by atoms with Crippen LogP contribution < -0.4 is 4.74 Å². The van der Waals surface area contributed by atoms with E-state index in [4.69, 9.17) is 4.74 Å². The van der Waals surface area contributed by atoms with Crippen molar-refractivity contribution in [2.75, 3.05) is 7.11 Å². The van der Waals surface area contributed by atoms with Crippen LogP contribution in [0.5, 0.6) is 11.5 Å². The van der Waals surface area contributed by atoms with Gasteiger partial charge in [0.15, 0.2) is 0 Å². The summed E-state index contributed by atoms with van der Waals surface area (Å²) in [5.41, 5.74) is 1.12. The molecule has 1 heterocycles. The van der Waals surface area contributed by atoms with Gasteiger partial charge in [-0.2, -0.15) is 0 Å². The van der Waals surface area contributed by atoms with Crippen LogP contribution >= 0.6 is 11.3 Å². The lowest BCUT2D eigenvalue weighted by atomic mass is 10.1. The van der Waals surface area contributed by atoms with Gasteiger partial charge in [0.1, 0.15) is 11.5 Å². The van der Waals surface area contributed by atoms with Crippen LogP contribution in [0.4, 0.5) is 0 Å². The number of thiophene rings is 1. The van der Waals surface area contributed by atoms with Gasteiger partial charge in [-0.1, -0.05) is 13.8 Å². The fourth-order valence-corrected chi connectivity index (χ4v) is 3.00. The average Bonchev–Trinajstić information content (AvgIpc) is 2.92. The lowest BCUT2D eigenvalue weighted by Gasteiger charge is -1.97. The van der Waals surface area contributed by atoms with Gasteiger partial charge >= 0.3 is 0 Å². The number of fused-ring (bicyclic) bond motifs is 1. The Hall–Kier alpha value is -2.00. The van der Waals surface area contributed by atoms with Crippen molar-refractivity contribution < 1.29 is 9.84 Å². The fourth-order valence-electron chi connectivity index (χ4n) is 1.91. The van der Waals surface area contributed by atoms with Gasteiger partial charge < -0.3 is 9.84 Å². The Morgan fingerprint density at radius 2 is 1.65 bits per heavy atom. The molecule has 2 nitrogen and oxygen atoms in total. The Kier molecular flexibility index (Phi) is 4.64. The van der Waals surface area contributed by atoms with Crippen molar-refractivity contribution in [3.05, 3.63) is 48.5 Å². The molecule has 0 fully saturated rings. The molecule has 1 aromatic heterocycles. The zero-order valence-electron chi connectivity index (χ0n) is 11.9. The SMILES string of the molecule is CC.COc1ccc2cc(-c3ccc(O)cc3)sc2c1. The molecular formula is C17H18O2S. The molecular weight excluding hydrogens is 268 g/mol. The largest absolute Gasteiger partial charge is 0.508 e. The summed E-state index contributed by atoms with van der Waals surface area (Å²) in [6, 6.07) is 15.5. The molecule has 20 heavy (non-hydrogen) atoms. The number of rotatable bonds is 2. The van der Waals surface area contributed by atoms with Crippen molar-refractivity contribution >= 4 is 21.4 Å². The number of phenols is 1. The van der Waals surface area contributed by atoms with Crippen LogP contribution in [-0.4, -0.2) is 12.2 Å². The van der Waals surface area contributed by atoms with Crippen molar-refractivity contribution in [3.8, 4) is 21.9 Å². The van der Waals surface area contributed by atoms with Gasteiger partial charge in [-0.3, -0.25) is 0 Å². The first-order valence-corrected chi connectivity index (χ1v) is 7.45. The van der Waals surface area contributed by atoms with Gasteiger partial charge in [-0.25, -0.2) is 0 Å². The smallest absolute Gasteiger partial charge is 0.120 e. The minimum Gasteiger partial charge on any atom is -0.508 e. The molecule has 3 rings (SSSR count). The molecule has 0 amide bonds. The topological polar surface area (TPSA) is 29.5 Å². The van der Waals surface area contributed by atoms with Crippen molar-refractivity contribution in [2.45, 2.75) is 13.8 Å². The van der Waals surface area contributed by atoms with Crippen molar-refractivity contribution in [1.82, 2.24) is 0 Å². The second-order valence-corrected chi connectivity index (χ2v) is 5.15. The van der Waals surface area contributed by atoms with Crippen LogP contribution in [0.1, 0.15) is 13.8 Å². The minimum absolute atomic E-state index is 0.293. The monoisotopic (exact) mass is 286 g/mol. The quantitative estimate of drug-likeness (QED) is 0.692. The highest BCUT2D eigenvalue weighted by atomic mass is 32.1. The molecule has 0 aliphatic rings. The number of phenolic OH excluding ortho intramolecular Hbond substituents is 1. The summed E-state index contributed by atoms with van der Waals surface area (Å²) in [5.74, 6) is 1.17. The Morgan fingerprint density at radius 1 is 0.950 bits per heavy atom. The van der Waals surface area contributed by atoms with Gasteiger partial charge in [-0.15, -0.1) is 11.3 Å². The van der Waals surface area contributed by atoms with Crippen LogP contribution in [0.25, 0.3) is 20.5 Å². The van der Waals surface area contributed by atoms with E-state index >= 15 is 0 Å². The molecule has 104 valence electrons. The third-order valence-corrected chi connectivity index (χ3v) is 4.03. The van der Waals surface area contributed by atoms with Crippen LogP contribution in [0.3, 0.4) is 0 Å². The highest BCUT2D eigenvalue weighted by Gasteiger charge is 2.05. The molecule has 0 unspecified atom stereocenters. The number of ether oxygens (including phenoxy) is 1. The van der Waals surface area contributed by atoms with E-state index in [0.717, 1.165) is 11.3 Å². The van der Waals surface area contributed by atoms with Crippen molar-refractivity contribution in [2.24, 2.45) is 0 Å². The molecule has 0 aliphatic carbocycles. The van der Waals surface area contributed by atoms with Gasteiger partial charge in [0.05, 0.1) is 7.11 Å². The van der Waals surface area contributed by atoms with Crippen LogP contribution in [-0.2, 0) is 0 Å². The molecule has 3 heteroatoms. The third kappa shape index (κ3) is 2.94. The molecule has 0 radical (unpaired) electrons. The highest BCUT2D eigenvalue weighted by Crippen LogP contribution is 2.35. The Labute approximate surface area is 123 Å². The van der Waals surface area contributed by atoms with Gasteiger partial charge in [0.2, 0.25) is 0 Å². The van der Waals surface area contributed by atoms with Crippen molar-refractivity contribution in [3.63, 3.8) is 0 Å². The molecule has 0 saturated carbocycles. The number of hydrogen-bond donors (Lipinski definition) is 1. The summed E-state index contributed by atoms with van der Waals surface area (Å²) in [4.78, 5) is 1.19. The van der Waals surface area contributed by atoms with E-state index in [0.29, 0.717) is 5.75 Å². The van der Waals surface area contributed by atoms with Crippen LogP contribution in [0.2, 0.25) is 0 Å². The summed E-state index contributed by atoms with van der Waals surface area (Å²) in [6.45, 7) is 4.00. The van der Waals surface area contributed by atoms with Crippen LogP contribution in [0, 0.1) is 0 Å². The number of methoxy groups -OCH3 is 1. The maximum atomic E-state index is 9.30. The van der Waals surface area contributed by atoms with Gasteiger partial charge in [0, 0.05) is 9.58 Å². The summed E-state index contributed by atoms with van der Waals surface area (Å²) >= 11 is 1.72. The average molecular weight is 286 g/mol. The number of aromatic hydroxyl groups is 1. The maximum Gasteiger partial charge on any atom is 0.120 e. The van der Waals surface area contributed by atoms with Gasteiger partial charge in [0.25, 0.3) is 0 Å². The predicted molar refractivity (Wildman–Crippen MR) is 86.8 cm³/mol. The lowest BCUT2D eigenvalue weighted by Crippen LogP contribution is -1.79. The standard InChI is InChI=1S/C15H12O2S.C2H6/c1-17-13-7-4-11-8-14(18-15(11)9-13)10-2-5-12(16)6-3-10;1-2/h2-9,16H,1H3;1-2H3. The van der Waals surface area contributed by atoms with E-state index in [1.165, 1.54) is 15.0 Å². The van der Waals surface area contributed by atoms with E-state index in [9.17, 15) is 5.11 Å². The van der Waals surface area contributed by atoms with Crippen LogP contribution in [0.15, 0.2) is 48.5 Å². The molecule has 0 atom stereocenters. The molecule has 3 aromatic rings.